The first kappa shape index (κ1) is 13.9. The summed E-state index contributed by atoms with van der Waals surface area (Å²) in [7, 11) is 1.78. The third kappa shape index (κ3) is 4.40. The van der Waals surface area contributed by atoms with Crippen molar-refractivity contribution in [1.29, 1.82) is 0 Å². The predicted molar refractivity (Wildman–Crippen MR) is 68.6 cm³/mol. The smallest absolute Gasteiger partial charge is 0.0477 e. The van der Waals surface area contributed by atoms with E-state index in [-0.39, 0.29) is 0 Å². The molecule has 3 heteroatoms. The van der Waals surface area contributed by atoms with Crippen molar-refractivity contribution in [2.45, 2.75) is 57.5 Å². The number of ether oxygens (including phenoxy) is 1. The van der Waals surface area contributed by atoms with Gasteiger partial charge in [0.2, 0.25) is 0 Å². The minimum atomic E-state index is 0.634. The fourth-order valence-corrected chi connectivity index (χ4v) is 2.73. The van der Waals surface area contributed by atoms with Gasteiger partial charge in [0, 0.05) is 25.8 Å². The molecule has 1 unspecified atom stereocenters. The van der Waals surface area contributed by atoms with Gasteiger partial charge in [-0.2, -0.15) is 0 Å². The van der Waals surface area contributed by atoms with Crippen molar-refractivity contribution in [1.82, 2.24) is 4.90 Å². The molecule has 0 aliphatic heterocycles. The third-order valence-corrected chi connectivity index (χ3v) is 3.72. The molecule has 0 aromatic rings. The third-order valence-electron chi connectivity index (χ3n) is 3.72. The highest BCUT2D eigenvalue weighted by Gasteiger charge is 2.25. The van der Waals surface area contributed by atoms with Crippen LogP contribution in [0.3, 0.4) is 0 Å². The summed E-state index contributed by atoms with van der Waals surface area (Å²) in [5, 5.41) is 0. The molecule has 0 aromatic carbocycles. The standard InChI is InChI=1S/C13H28N2O/c1-12(8-11-16-2)15(10-5-9-14)13-6-3-4-7-13/h12-13H,3-11,14H2,1-2H3. The maximum Gasteiger partial charge on any atom is 0.0477 e. The SMILES string of the molecule is COCCC(C)N(CCCN)C1CCCC1. The average Bonchev–Trinajstić information content (AvgIpc) is 2.80. The second-order valence-electron chi connectivity index (χ2n) is 4.95. The van der Waals surface area contributed by atoms with Crippen molar-refractivity contribution < 1.29 is 4.74 Å². The number of nitrogens with two attached hydrogens (primary N) is 1. The van der Waals surface area contributed by atoms with E-state index in [2.05, 4.69) is 11.8 Å². The van der Waals surface area contributed by atoms with Crippen LogP contribution in [0.1, 0.15) is 45.4 Å². The van der Waals surface area contributed by atoms with Crippen LogP contribution in [0.15, 0.2) is 0 Å². The number of hydrogen-bond acceptors (Lipinski definition) is 3. The number of methoxy groups -OCH3 is 1. The van der Waals surface area contributed by atoms with Gasteiger partial charge in [-0.3, -0.25) is 4.90 Å². The molecule has 0 amide bonds. The minimum absolute atomic E-state index is 0.634. The zero-order valence-electron chi connectivity index (χ0n) is 11.0. The normalized spacial score (nSPS) is 19.5. The molecule has 1 rings (SSSR count). The van der Waals surface area contributed by atoms with Crippen LogP contribution in [-0.4, -0.2) is 43.8 Å². The summed E-state index contributed by atoms with van der Waals surface area (Å²) in [6.45, 7) is 5.16. The fraction of sp³-hybridized carbons (Fsp3) is 1.00. The van der Waals surface area contributed by atoms with Crippen LogP contribution in [0.2, 0.25) is 0 Å². The molecule has 1 fully saturated rings. The van der Waals surface area contributed by atoms with Crippen molar-refractivity contribution in [3.63, 3.8) is 0 Å². The summed E-state index contributed by atoms with van der Waals surface area (Å²) < 4.78 is 5.18. The molecule has 1 atom stereocenters. The lowest BCUT2D eigenvalue weighted by atomic mass is 10.1. The molecule has 0 aromatic heterocycles. The van der Waals surface area contributed by atoms with Crippen LogP contribution in [0.5, 0.6) is 0 Å². The first-order valence-corrected chi connectivity index (χ1v) is 6.74. The van der Waals surface area contributed by atoms with Crippen LogP contribution >= 0.6 is 0 Å². The lowest BCUT2D eigenvalue weighted by molar-refractivity contribution is 0.105. The summed E-state index contributed by atoms with van der Waals surface area (Å²) in [6, 6.07) is 1.44. The molecule has 0 spiro atoms. The molecule has 0 radical (unpaired) electrons. The molecule has 1 aliphatic carbocycles. The molecule has 2 N–H and O–H groups in total. The Morgan fingerprint density at radius 3 is 2.62 bits per heavy atom. The van der Waals surface area contributed by atoms with Crippen LogP contribution in [0.25, 0.3) is 0 Å². The van der Waals surface area contributed by atoms with Gasteiger partial charge in [-0.05, 0) is 45.7 Å². The van der Waals surface area contributed by atoms with E-state index in [1.807, 2.05) is 0 Å². The molecule has 3 nitrogen and oxygen atoms in total. The van der Waals surface area contributed by atoms with Gasteiger partial charge in [-0.1, -0.05) is 12.8 Å². The Morgan fingerprint density at radius 2 is 2.06 bits per heavy atom. The van der Waals surface area contributed by atoms with Gasteiger partial charge in [-0.15, -0.1) is 0 Å². The lowest BCUT2D eigenvalue weighted by Crippen LogP contribution is -2.42. The van der Waals surface area contributed by atoms with E-state index in [0.29, 0.717) is 6.04 Å². The molecular weight excluding hydrogens is 200 g/mol. The Labute approximate surface area is 100 Å². The highest BCUT2D eigenvalue weighted by atomic mass is 16.5. The van der Waals surface area contributed by atoms with E-state index < -0.39 is 0 Å². The Morgan fingerprint density at radius 1 is 1.38 bits per heavy atom. The summed E-state index contributed by atoms with van der Waals surface area (Å²) in [4.78, 5) is 2.67. The number of hydrogen-bond donors (Lipinski definition) is 1. The number of rotatable bonds is 8. The van der Waals surface area contributed by atoms with Crippen molar-refractivity contribution in [2.24, 2.45) is 5.73 Å². The van der Waals surface area contributed by atoms with Crippen molar-refractivity contribution in [3.8, 4) is 0 Å². The first-order chi connectivity index (χ1) is 7.79. The highest BCUT2D eigenvalue weighted by molar-refractivity contribution is 4.81. The van der Waals surface area contributed by atoms with E-state index in [4.69, 9.17) is 10.5 Å². The maximum absolute atomic E-state index is 5.62. The quantitative estimate of drug-likeness (QED) is 0.690. The first-order valence-electron chi connectivity index (χ1n) is 6.74. The average molecular weight is 228 g/mol. The van der Waals surface area contributed by atoms with Crippen LogP contribution in [0.4, 0.5) is 0 Å². The largest absolute Gasteiger partial charge is 0.385 e. The Balaban J connectivity index is 2.40. The molecule has 0 bridgehead atoms. The van der Waals surface area contributed by atoms with Crippen LogP contribution in [-0.2, 0) is 4.74 Å². The Bertz CT molecular complexity index is 169. The van der Waals surface area contributed by atoms with E-state index in [1.54, 1.807) is 7.11 Å². The predicted octanol–water partition coefficient (Wildman–Crippen LogP) is 2.00. The van der Waals surface area contributed by atoms with Crippen LogP contribution < -0.4 is 5.73 Å². The zero-order chi connectivity index (χ0) is 11.8. The van der Waals surface area contributed by atoms with Gasteiger partial charge < -0.3 is 10.5 Å². The topological polar surface area (TPSA) is 38.5 Å². The minimum Gasteiger partial charge on any atom is -0.385 e. The van der Waals surface area contributed by atoms with E-state index in [1.165, 1.54) is 25.7 Å². The number of nitrogens with zero attached hydrogens (tertiary/aromatic N) is 1. The maximum atomic E-state index is 5.62. The second-order valence-corrected chi connectivity index (χ2v) is 4.95. The van der Waals surface area contributed by atoms with Gasteiger partial charge in [0.15, 0.2) is 0 Å². The van der Waals surface area contributed by atoms with E-state index in [9.17, 15) is 0 Å². The van der Waals surface area contributed by atoms with Crippen LogP contribution in [0, 0.1) is 0 Å². The molecule has 96 valence electrons. The Hall–Kier alpha value is -0.120. The zero-order valence-corrected chi connectivity index (χ0v) is 11.0. The summed E-state index contributed by atoms with van der Waals surface area (Å²) >= 11 is 0. The molecule has 16 heavy (non-hydrogen) atoms. The van der Waals surface area contributed by atoms with Crippen molar-refractivity contribution in [3.05, 3.63) is 0 Å². The molecule has 0 heterocycles. The summed E-state index contributed by atoms with van der Waals surface area (Å²) in [5.41, 5.74) is 5.62. The van der Waals surface area contributed by atoms with Gasteiger partial charge in [0.25, 0.3) is 0 Å². The second kappa shape index (κ2) is 8.04. The summed E-state index contributed by atoms with van der Waals surface area (Å²) in [6.07, 6.45) is 7.82. The lowest BCUT2D eigenvalue weighted by Gasteiger charge is -2.34. The Kier molecular flexibility index (Phi) is 7.01. The molecule has 1 saturated carbocycles. The van der Waals surface area contributed by atoms with E-state index >= 15 is 0 Å². The van der Waals surface area contributed by atoms with Gasteiger partial charge in [-0.25, -0.2) is 0 Å². The molecular formula is C13H28N2O. The van der Waals surface area contributed by atoms with Crippen molar-refractivity contribution >= 4 is 0 Å². The monoisotopic (exact) mass is 228 g/mol. The van der Waals surface area contributed by atoms with Crippen molar-refractivity contribution in [2.75, 3.05) is 26.8 Å². The van der Waals surface area contributed by atoms with Gasteiger partial charge in [0.05, 0.1) is 0 Å². The van der Waals surface area contributed by atoms with Gasteiger partial charge >= 0.3 is 0 Å². The highest BCUT2D eigenvalue weighted by Crippen LogP contribution is 2.26. The van der Waals surface area contributed by atoms with E-state index in [0.717, 1.165) is 38.6 Å². The molecule has 0 saturated heterocycles. The summed E-state index contributed by atoms with van der Waals surface area (Å²) in [5.74, 6) is 0. The van der Waals surface area contributed by atoms with Gasteiger partial charge in [0.1, 0.15) is 0 Å². The fourth-order valence-electron chi connectivity index (χ4n) is 2.73. The molecule has 1 aliphatic rings.